The van der Waals surface area contributed by atoms with Gasteiger partial charge in [-0.15, -0.1) is 0 Å². The maximum atomic E-state index is 5.84. The Morgan fingerprint density at radius 1 is 1.04 bits per heavy atom. The van der Waals surface area contributed by atoms with Crippen LogP contribution in [0.2, 0.25) is 0 Å². The molecule has 0 radical (unpaired) electrons. The first-order chi connectivity index (χ1) is 13.8. The highest BCUT2D eigenvalue weighted by molar-refractivity contribution is 7.71. The molecule has 7 heteroatoms. The highest BCUT2D eigenvalue weighted by Gasteiger charge is 2.32. The summed E-state index contributed by atoms with van der Waals surface area (Å²) in [6.45, 7) is 5.09. The lowest BCUT2D eigenvalue weighted by Crippen LogP contribution is -3.14. The van der Waals surface area contributed by atoms with E-state index in [1.807, 2.05) is 18.3 Å². The Labute approximate surface area is 170 Å². The lowest BCUT2D eigenvalue weighted by molar-refractivity contribution is -0.924. The first-order valence-corrected chi connectivity index (χ1v) is 10.5. The molecule has 1 saturated carbocycles. The first-order valence-electron chi connectivity index (χ1n) is 10.1. The summed E-state index contributed by atoms with van der Waals surface area (Å²) >= 11 is 5.84. The lowest BCUT2D eigenvalue weighted by Gasteiger charge is -2.27. The van der Waals surface area contributed by atoms with Gasteiger partial charge in [0.15, 0.2) is 6.67 Å². The molecule has 6 nitrogen and oxygen atoms in total. The summed E-state index contributed by atoms with van der Waals surface area (Å²) in [6, 6.07) is 16.7. The molecule has 0 amide bonds. The number of H-pyrrole nitrogens is 1. The molecule has 28 heavy (non-hydrogen) atoms. The molecule has 2 aliphatic rings. The fraction of sp³-hybridized carbons (Fsp3) is 0.381. The van der Waals surface area contributed by atoms with Crippen molar-refractivity contribution < 1.29 is 9.88 Å². The number of pyridine rings is 1. The van der Waals surface area contributed by atoms with Gasteiger partial charge in [-0.25, -0.2) is 4.98 Å². The van der Waals surface area contributed by atoms with Crippen molar-refractivity contribution in [1.29, 1.82) is 0 Å². The molecule has 1 aliphatic heterocycles. The fourth-order valence-corrected chi connectivity index (χ4v) is 4.27. The molecule has 144 valence electrons. The molecule has 5 rings (SSSR count). The van der Waals surface area contributed by atoms with Crippen LogP contribution in [-0.2, 0) is 6.67 Å². The lowest BCUT2D eigenvalue weighted by atomic mass is 10.3. The van der Waals surface area contributed by atoms with Crippen molar-refractivity contribution in [3.63, 3.8) is 0 Å². The second-order valence-corrected chi connectivity index (χ2v) is 8.09. The second kappa shape index (κ2) is 7.48. The minimum absolute atomic E-state index is 0.559. The second-order valence-electron chi connectivity index (χ2n) is 7.73. The van der Waals surface area contributed by atoms with Crippen molar-refractivity contribution in [1.82, 2.24) is 14.3 Å². The summed E-state index contributed by atoms with van der Waals surface area (Å²) in [5, 5.41) is 4.95. The van der Waals surface area contributed by atoms with Gasteiger partial charge < -0.3 is 4.90 Å². The van der Waals surface area contributed by atoms with E-state index < -0.39 is 0 Å². The molecule has 0 spiro atoms. The van der Waals surface area contributed by atoms with Gasteiger partial charge in [0.25, 0.3) is 5.82 Å². The average Bonchev–Trinajstić information content (AvgIpc) is 3.55. The molecule has 3 aromatic rings. The summed E-state index contributed by atoms with van der Waals surface area (Å²) < 4.78 is 5.05. The molecular formula is C21H26N6S+2. The van der Waals surface area contributed by atoms with Crippen LogP contribution in [-0.4, -0.2) is 40.5 Å². The third-order valence-electron chi connectivity index (χ3n) is 5.70. The number of anilines is 1. The largest absolute Gasteiger partial charge is 0.310 e. The predicted octanol–water partition coefficient (Wildman–Crippen LogP) is 1.46. The number of quaternary nitrogens is 1. The Bertz CT molecular complexity index is 985. The molecular weight excluding hydrogens is 368 g/mol. The molecule has 0 atom stereocenters. The Morgan fingerprint density at radius 3 is 2.46 bits per heavy atom. The number of hydrogen-bond acceptors (Lipinski definition) is 3. The number of nitrogens with one attached hydrogen (secondary N) is 2. The number of para-hydroxylation sites is 1. The third-order valence-corrected chi connectivity index (χ3v) is 6.09. The van der Waals surface area contributed by atoms with E-state index in [9.17, 15) is 0 Å². The molecule has 2 fully saturated rings. The molecule has 1 aliphatic carbocycles. The van der Waals surface area contributed by atoms with Gasteiger partial charge >= 0.3 is 0 Å². The smallest absolute Gasteiger partial charge is 0.274 e. The number of nitrogens with zero attached hydrogens (tertiary/aromatic N) is 4. The fourth-order valence-electron chi connectivity index (χ4n) is 3.97. The SMILES string of the molecule is S=c1n(C[NH+]2CCN(c3cccc[nH+]3)CC2)nc(C2CC2)n1-c1ccccc1. The highest BCUT2D eigenvalue weighted by Crippen LogP contribution is 2.40. The van der Waals surface area contributed by atoms with Crippen molar-refractivity contribution in [3.8, 4) is 5.69 Å². The summed E-state index contributed by atoms with van der Waals surface area (Å²) in [6.07, 6.45) is 4.43. The van der Waals surface area contributed by atoms with Gasteiger partial charge in [0, 0.05) is 17.7 Å². The van der Waals surface area contributed by atoms with Crippen LogP contribution in [0.3, 0.4) is 0 Å². The van der Waals surface area contributed by atoms with Crippen molar-refractivity contribution in [2.45, 2.75) is 25.4 Å². The van der Waals surface area contributed by atoms with E-state index in [1.54, 1.807) is 0 Å². The quantitative estimate of drug-likeness (QED) is 0.667. The molecule has 2 aromatic heterocycles. The molecule has 0 bridgehead atoms. The number of aromatic amines is 1. The van der Waals surface area contributed by atoms with Crippen LogP contribution < -0.4 is 14.8 Å². The Balaban J connectivity index is 1.33. The maximum Gasteiger partial charge on any atom is 0.274 e. The van der Waals surface area contributed by atoms with Gasteiger partial charge in [-0.2, -0.15) is 9.78 Å². The van der Waals surface area contributed by atoms with Gasteiger partial charge in [-0.05, 0) is 43.3 Å². The van der Waals surface area contributed by atoms with E-state index in [2.05, 4.69) is 55.5 Å². The number of rotatable bonds is 5. The monoisotopic (exact) mass is 394 g/mol. The van der Waals surface area contributed by atoms with Crippen LogP contribution in [0.4, 0.5) is 5.82 Å². The summed E-state index contributed by atoms with van der Waals surface area (Å²) in [7, 11) is 0. The van der Waals surface area contributed by atoms with Crippen LogP contribution in [0.5, 0.6) is 0 Å². The molecule has 3 heterocycles. The third kappa shape index (κ3) is 3.47. The van der Waals surface area contributed by atoms with E-state index in [-0.39, 0.29) is 0 Å². The zero-order chi connectivity index (χ0) is 18.9. The van der Waals surface area contributed by atoms with Crippen molar-refractivity contribution >= 4 is 18.0 Å². The van der Waals surface area contributed by atoms with E-state index >= 15 is 0 Å². The van der Waals surface area contributed by atoms with Crippen LogP contribution in [0.25, 0.3) is 5.69 Å². The van der Waals surface area contributed by atoms with Crippen LogP contribution in [0.15, 0.2) is 54.7 Å². The Hall–Kier alpha value is -2.51. The highest BCUT2D eigenvalue weighted by atomic mass is 32.1. The van der Waals surface area contributed by atoms with E-state index in [0.717, 1.165) is 49.1 Å². The van der Waals surface area contributed by atoms with Crippen LogP contribution in [0, 0.1) is 4.77 Å². The summed E-state index contributed by atoms with van der Waals surface area (Å²) in [5.41, 5.74) is 1.13. The predicted molar refractivity (Wildman–Crippen MR) is 110 cm³/mol. The molecule has 0 unspecified atom stereocenters. The van der Waals surface area contributed by atoms with Crippen molar-refractivity contribution in [2.24, 2.45) is 0 Å². The average molecular weight is 395 g/mol. The number of benzene rings is 1. The van der Waals surface area contributed by atoms with E-state index in [1.165, 1.54) is 23.6 Å². The molecule has 1 aromatic carbocycles. The summed E-state index contributed by atoms with van der Waals surface area (Å²) in [4.78, 5) is 7.29. The normalized spacial score (nSPS) is 17.8. The number of hydrogen-bond donors (Lipinski definition) is 1. The van der Waals surface area contributed by atoms with Crippen LogP contribution >= 0.6 is 12.2 Å². The van der Waals surface area contributed by atoms with Gasteiger partial charge in [0.2, 0.25) is 4.77 Å². The van der Waals surface area contributed by atoms with Crippen molar-refractivity contribution in [2.75, 3.05) is 31.1 Å². The van der Waals surface area contributed by atoms with Gasteiger partial charge in [0.05, 0.1) is 6.20 Å². The summed E-state index contributed by atoms with van der Waals surface area (Å²) in [5.74, 6) is 2.89. The minimum Gasteiger partial charge on any atom is -0.310 e. The van der Waals surface area contributed by atoms with Crippen molar-refractivity contribution in [3.05, 3.63) is 65.3 Å². The first kappa shape index (κ1) is 17.6. The number of aromatic nitrogens is 4. The van der Waals surface area contributed by atoms with E-state index in [0.29, 0.717) is 5.92 Å². The zero-order valence-corrected chi connectivity index (χ0v) is 16.7. The number of piperazine rings is 1. The topological polar surface area (TPSA) is 44.6 Å². The van der Waals surface area contributed by atoms with Crippen LogP contribution in [0.1, 0.15) is 24.6 Å². The van der Waals surface area contributed by atoms with Gasteiger partial charge in [-0.1, -0.05) is 24.3 Å². The standard InChI is InChI=1S/C21H24N6S/c28-21-26(16-24-12-14-25(15-13-24)19-8-4-5-11-22-19)23-20(17-9-10-17)27(21)18-6-2-1-3-7-18/h1-8,11,17H,9-10,12-16H2/p+2. The minimum atomic E-state index is 0.559. The zero-order valence-electron chi connectivity index (χ0n) is 15.9. The molecule has 1 saturated heterocycles. The van der Waals surface area contributed by atoms with Gasteiger partial charge in [-0.3, -0.25) is 9.47 Å². The Morgan fingerprint density at radius 2 is 1.79 bits per heavy atom. The van der Waals surface area contributed by atoms with Gasteiger partial charge in [0.1, 0.15) is 32.0 Å². The van der Waals surface area contributed by atoms with E-state index in [4.69, 9.17) is 17.3 Å². The Kier molecular flexibility index (Phi) is 4.70. The molecule has 2 N–H and O–H groups in total. The maximum absolute atomic E-state index is 5.84.